The van der Waals surface area contributed by atoms with E-state index in [4.69, 9.17) is 0 Å². The summed E-state index contributed by atoms with van der Waals surface area (Å²) in [5.74, 6) is 2.60. The molecule has 1 aromatic rings. The maximum atomic E-state index is 4.38. The van der Waals surface area contributed by atoms with E-state index in [2.05, 4.69) is 34.0 Å². The quantitative estimate of drug-likeness (QED) is 0.825. The van der Waals surface area contributed by atoms with Crippen molar-refractivity contribution in [2.45, 2.75) is 32.7 Å². The van der Waals surface area contributed by atoms with E-state index in [1.807, 2.05) is 13.1 Å². The van der Waals surface area contributed by atoms with Crippen LogP contribution in [0.4, 0.5) is 11.6 Å². The average molecular weight is 220 g/mol. The van der Waals surface area contributed by atoms with Crippen molar-refractivity contribution in [2.24, 2.45) is 5.92 Å². The molecule has 0 unspecified atom stereocenters. The largest absolute Gasteiger partial charge is 0.373 e. The molecule has 1 aliphatic rings. The third-order valence-electron chi connectivity index (χ3n) is 2.75. The molecule has 1 aromatic heterocycles. The zero-order chi connectivity index (χ0) is 11.5. The van der Waals surface area contributed by atoms with E-state index in [1.54, 1.807) is 6.33 Å². The second kappa shape index (κ2) is 4.68. The van der Waals surface area contributed by atoms with Crippen LogP contribution in [0.15, 0.2) is 12.4 Å². The number of anilines is 2. The molecule has 4 nitrogen and oxygen atoms in total. The van der Waals surface area contributed by atoms with Crippen molar-refractivity contribution in [3.05, 3.63) is 12.4 Å². The van der Waals surface area contributed by atoms with Gasteiger partial charge in [0.25, 0.3) is 0 Å². The predicted octanol–water partition coefficient (Wildman–Crippen LogP) is 2.14. The molecule has 0 saturated heterocycles. The molecule has 1 aliphatic carbocycles. The van der Waals surface area contributed by atoms with Gasteiger partial charge in [0, 0.05) is 25.7 Å². The Morgan fingerprint density at radius 3 is 2.75 bits per heavy atom. The molecule has 0 radical (unpaired) electrons. The first-order chi connectivity index (χ1) is 7.70. The molecule has 4 heteroatoms. The lowest BCUT2D eigenvalue weighted by Crippen LogP contribution is -2.30. The van der Waals surface area contributed by atoms with Crippen LogP contribution in [-0.2, 0) is 0 Å². The van der Waals surface area contributed by atoms with Gasteiger partial charge >= 0.3 is 0 Å². The summed E-state index contributed by atoms with van der Waals surface area (Å²) in [4.78, 5) is 10.9. The van der Waals surface area contributed by atoms with Gasteiger partial charge in [-0.2, -0.15) is 0 Å². The standard InChI is InChI=1S/C12H20N4/c1-9(2)7-16(10-4-5-10)12-6-11(13-3)14-8-15-12/h6,8-10H,4-5,7H2,1-3H3,(H,13,14,15). The van der Waals surface area contributed by atoms with Gasteiger partial charge in [-0.15, -0.1) is 0 Å². The van der Waals surface area contributed by atoms with Crippen LogP contribution in [0.5, 0.6) is 0 Å². The third-order valence-corrected chi connectivity index (χ3v) is 2.75. The molecule has 0 aliphatic heterocycles. The van der Waals surface area contributed by atoms with E-state index in [9.17, 15) is 0 Å². The summed E-state index contributed by atoms with van der Waals surface area (Å²) in [6, 6.07) is 2.72. The van der Waals surface area contributed by atoms with Gasteiger partial charge in [0.2, 0.25) is 0 Å². The van der Waals surface area contributed by atoms with Crippen molar-refractivity contribution in [3.8, 4) is 0 Å². The molecule has 1 fully saturated rings. The smallest absolute Gasteiger partial charge is 0.134 e. The van der Waals surface area contributed by atoms with Crippen molar-refractivity contribution in [2.75, 3.05) is 23.8 Å². The summed E-state index contributed by atoms with van der Waals surface area (Å²) in [6.45, 7) is 5.57. The number of nitrogens with one attached hydrogen (secondary N) is 1. The van der Waals surface area contributed by atoms with Gasteiger partial charge in [-0.05, 0) is 18.8 Å². The van der Waals surface area contributed by atoms with Crippen molar-refractivity contribution >= 4 is 11.6 Å². The lowest BCUT2D eigenvalue weighted by molar-refractivity contribution is 0.602. The van der Waals surface area contributed by atoms with Crippen molar-refractivity contribution < 1.29 is 0 Å². The van der Waals surface area contributed by atoms with E-state index in [-0.39, 0.29) is 0 Å². The molecule has 0 bridgehead atoms. The van der Waals surface area contributed by atoms with E-state index < -0.39 is 0 Å². The highest BCUT2D eigenvalue weighted by Crippen LogP contribution is 2.31. The van der Waals surface area contributed by atoms with E-state index in [0.717, 1.165) is 18.2 Å². The number of hydrogen-bond acceptors (Lipinski definition) is 4. The Kier molecular flexibility index (Phi) is 3.27. The Balaban J connectivity index is 2.16. The molecule has 1 heterocycles. The zero-order valence-corrected chi connectivity index (χ0v) is 10.3. The van der Waals surface area contributed by atoms with E-state index >= 15 is 0 Å². The van der Waals surface area contributed by atoms with Crippen LogP contribution in [0.3, 0.4) is 0 Å². The predicted molar refractivity (Wildman–Crippen MR) is 66.8 cm³/mol. The second-order valence-electron chi connectivity index (χ2n) is 4.79. The second-order valence-corrected chi connectivity index (χ2v) is 4.79. The third kappa shape index (κ3) is 2.62. The fourth-order valence-corrected chi connectivity index (χ4v) is 1.85. The fourth-order valence-electron chi connectivity index (χ4n) is 1.85. The molecule has 88 valence electrons. The fraction of sp³-hybridized carbons (Fsp3) is 0.667. The monoisotopic (exact) mass is 220 g/mol. The van der Waals surface area contributed by atoms with Crippen LogP contribution in [0, 0.1) is 5.92 Å². The topological polar surface area (TPSA) is 41.0 Å². The summed E-state index contributed by atoms with van der Waals surface area (Å²) >= 11 is 0. The molecular weight excluding hydrogens is 200 g/mol. The van der Waals surface area contributed by atoms with E-state index in [0.29, 0.717) is 12.0 Å². The zero-order valence-electron chi connectivity index (χ0n) is 10.3. The molecule has 1 saturated carbocycles. The number of rotatable bonds is 5. The lowest BCUT2D eigenvalue weighted by atomic mass is 10.2. The molecule has 1 N–H and O–H groups in total. The van der Waals surface area contributed by atoms with E-state index in [1.165, 1.54) is 12.8 Å². The Labute approximate surface area is 97.1 Å². The molecular formula is C12H20N4. The minimum Gasteiger partial charge on any atom is -0.373 e. The highest BCUT2D eigenvalue weighted by atomic mass is 15.2. The Morgan fingerprint density at radius 2 is 2.19 bits per heavy atom. The molecule has 0 spiro atoms. The highest BCUT2D eigenvalue weighted by Gasteiger charge is 2.30. The number of hydrogen-bond donors (Lipinski definition) is 1. The Hall–Kier alpha value is -1.32. The molecule has 16 heavy (non-hydrogen) atoms. The van der Waals surface area contributed by atoms with Crippen molar-refractivity contribution in [3.63, 3.8) is 0 Å². The number of nitrogens with zero attached hydrogens (tertiary/aromatic N) is 3. The van der Waals surface area contributed by atoms with Gasteiger partial charge in [0.1, 0.15) is 18.0 Å². The van der Waals surface area contributed by atoms with Crippen LogP contribution < -0.4 is 10.2 Å². The minimum absolute atomic E-state index is 0.661. The summed E-state index contributed by atoms with van der Waals surface area (Å²) in [6.07, 6.45) is 4.23. The lowest BCUT2D eigenvalue weighted by Gasteiger charge is -2.25. The van der Waals surface area contributed by atoms with Gasteiger partial charge < -0.3 is 10.2 Å². The molecule has 0 aromatic carbocycles. The highest BCUT2D eigenvalue weighted by molar-refractivity contribution is 5.49. The summed E-state index contributed by atoms with van der Waals surface area (Å²) in [5, 5.41) is 3.06. The van der Waals surface area contributed by atoms with Crippen LogP contribution >= 0.6 is 0 Å². The van der Waals surface area contributed by atoms with Gasteiger partial charge in [-0.1, -0.05) is 13.8 Å². The summed E-state index contributed by atoms with van der Waals surface area (Å²) in [7, 11) is 1.88. The van der Waals surface area contributed by atoms with Gasteiger partial charge in [0.05, 0.1) is 0 Å². The summed E-state index contributed by atoms with van der Waals surface area (Å²) < 4.78 is 0. The number of aromatic nitrogens is 2. The average Bonchev–Trinajstić information content (AvgIpc) is 3.09. The minimum atomic E-state index is 0.661. The van der Waals surface area contributed by atoms with Crippen LogP contribution in [0.2, 0.25) is 0 Å². The van der Waals surface area contributed by atoms with Crippen molar-refractivity contribution in [1.82, 2.24) is 9.97 Å². The first-order valence-corrected chi connectivity index (χ1v) is 5.97. The van der Waals surface area contributed by atoms with Gasteiger partial charge in [0.15, 0.2) is 0 Å². The maximum Gasteiger partial charge on any atom is 0.134 e. The summed E-state index contributed by atoms with van der Waals surface area (Å²) in [5.41, 5.74) is 0. The molecule has 2 rings (SSSR count). The molecule has 0 amide bonds. The Morgan fingerprint density at radius 1 is 1.44 bits per heavy atom. The first kappa shape index (κ1) is 11.2. The normalized spacial score (nSPS) is 15.2. The Bertz CT molecular complexity index is 347. The first-order valence-electron chi connectivity index (χ1n) is 5.97. The van der Waals surface area contributed by atoms with Gasteiger partial charge in [-0.25, -0.2) is 9.97 Å². The SMILES string of the molecule is CNc1cc(N(CC(C)C)C2CC2)ncn1. The van der Waals surface area contributed by atoms with Crippen LogP contribution in [0.1, 0.15) is 26.7 Å². The van der Waals surface area contributed by atoms with Gasteiger partial charge in [-0.3, -0.25) is 0 Å². The maximum absolute atomic E-state index is 4.38. The van der Waals surface area contributed by atoms with Crippen LogP contribution in [-0.4, -0.2) is 29.6 Å². The van der Waals surface area contributed by atoms with Crippen molar-refractivity contribution in [1.29, 1.82) is 0 Å². The molecule has 0 atom stereocenters. The van der Waals surface area contributed by atoms with Crippen LogP contribution in [0.25, 0.3) is 0 Å².